The Bertz CT molecular complexity index is 288. The molecule has 1 fully saturated rings. The maximum absolute atomic E-state index is 11.7. The average Bonchev–Trinajstić information content (AvgIpc) is 2.73. The molecule has 18 heavy (non-hydrogen) atoms. The summed E-state index contributed by atoms with van der Waals surface area (Å²) in [5.74, 6) is -0.844. The Balaban J connectivity index is 2.26. The summed E-state index contributed by atoms with van der Waals surface area (Å²) >= 11 is 0. The van der Waals surface area contributed by atoms with E-state index < -0.39 is 5.97 Å². The predicted octanol–water partition coefficient (Wildman–Crippen LogP) is 1.11. The Hall–Kier alpha value is -1.30. The topological polar surface area (TPSA) is 87.7 Å². The van der Waals surface area contributed by atoms with E-state index in [1.165, 1.54) is 0 Å². The maximum Gasteiger partial charge on any atom is 0.315 e. The molecule has 3 N–H and O–H groups in total. The number of ether oxygens (including phenoxy) is 1. The van der Waals surface area contributed by atoms with Crippen LogP contribution in [0.5, 0.6) is 0 Å². The van der Waals surface area contributed by atoms with Crippen molar-refractivity contribution in [2.24, 2.45) is 0 Å². The number of urea groups is 1. The van der Waals surface area contributed by atoms with Crippen molar-refractivity contribution in [3.8, 4) is 0 Å². The number of nitrogens with one attached hydrogen (secondary N) is 2. The molecule has 0 saturated carbocycles. The van der Waals surface area contributed by atoms with Crippen LogP contribution in [0.25, 0.3) is 0 Å². The maximum atomic E-state index is 11.7. The molecule has 6 nitrogen and oxygen atoms in total. The van der Waals surface area contributed by atoms with Gasteiger partial charge in [-0.25, -0.2) is 4.79 Å². The van der Waals surface area contributed by atoms with E-state index in [2.05, 4.69) is 17.6 Å². The van der Waals surface area contributed by atoms with Gasteiger partial charge < -0.3 is 20.5 Å². The summed E-state index contributed by atoms with van der Waals surface area (Å²) in [6.45, 7) is 3.69. The smallest absolute Gasteiger partial charge is 0.315 e. The molecule has 1 unspecified atom stereocenters. The lowest BCUT2D eigenvalue weighted by Crippen LogP contribution is -2.52. The predicted molar refractivity (Wildman–Crippen MR) is 66.5 cm³/mol. The zero-order valence-corrected chi connectivity index (χ0v) is 10.8. The van der Waals surface area contributed by atoms with Gasteiger partial charge in [0, 0.05) is 19.6 Å². The van der Waals surface area contributed by atoms with E-state index in [-0.39, 0.29) is 18.0 Å². The first-order valence-corrected chi connectivity index (χ1v) is 6.43. The molecule has 1 heterocycles. The minimum absolute atomic E-state index is 0.0729. The van der Waals surface area contributed by atoms with Crippen LogP contribution < -0.4 is 10.6 Å². The quantitative estimate of drug-likeness (QED) is 0.597. The summed E-state index contributed by atoms with van der Waals surface area (Å²) in [6.07, 6.45) is 3.24. The van der Waals surface area contributed by atoms with E-state index in [4.69, 9.17) is 9.84 Å². The molecule has 6 heteroatoms. The fourth-order valence-electron chi connectivity index (χ4n) is 2.17. The Morgan fingerprint density at radius 1 is 1.44 bits per heavy atom. The van der Waals surface area contributed by atoms with Crippen molar-refractivity contribution in [2.75, 3.05) is 19.8 Å². The molecule has 1 saturated heterocycles. The first kappa shape index (κ1) is 14.8. The molecule has 0 aromatic heterocycles. The number of aliphatic carboxylic acids is 1. The van der Waals surface area contributed by atoms with Crippen molar-refractivity contribution in [3.63, 3.8) is 0 Å². The number of carboxylic acids is 1. The third-order valence-electron chi connectivity index (χ3n) is 3.06. The van der Waals surface area contributed by atoms with Crippen molar-refractivity contribution in [3.05, 3.63) is 0 Å². The molecule has 0 spiro atoms. The van der Waals surface area contributed by atoms with Gasteiger partial charge in [0.25, 0.3) is 0 Å². The first-order chi connectivity index (χ1) is 8.58. The minimum atomic E-state index is -0.844. The number of hydrogen-bond donors (Lipinski definition) is 3. The number of carboxylic acid groups (broad SMARTS) is 1. The van der Waals surface area contributed by atoms with Crippen LogP contribution in [0.3, 0.4) is 0 Å². The lowest BCUT2D eigenvalue weighted by molar-refractivity contribution is -0.137. The number of carbonyl (C=O) groups is 2. The first-order valence-electron chi connectivity index (χ1n) is 6.43. The summed E-state index contributed by atoms with van der Waals surface area (Å²) in [4.78, 5) is 22.0. The largest absolute Gasteiger partial charge is 0.481 e. The second-order valence-corrected chi connectivity index (χ2v) is 4.71. The van der Waals surface area contributed by atoms with E-state index >= 15 is 0 Å². The molecule has 1 atom stereocenters. The van der Waals surface area contributed by atoms with Crippen LogP contribution in [0.2, 0.25) is 0 Å². The van der Waals surface area contributed by atoms with Gasteiger partial charge in [-0.05, 0) is 19.3 Å². The fraction of sp³-hybridized carbons (Fsp3) is 0.833. The van der Waals surface area contributed by atoms with Gasteiger partial charge in [0.2, 0.25) is 0 Å². The van der Waals surface area contributed by atoms with Crippen LogP contribution in [-0.4, -0.2) is 42.4 Å². The Morgan fingerprint density at radius 3 is 2.78 bits per heavy atom. The van der Waals surface area contributed by atoms with Crippen LogP contribution in [0, 0.1) is 0 Å². The molecule has 0 radical (unpaired) electrons. The molecular weight excluding hydrogens is 236 g/mol. The van der Waals surface area contributed by atoms with Gasteiger partial charge in [-0.15, -0.1) is 0 Å². The fourth-order valence-corrected chi connectivity index (χ4v) is 2.17. The zero-order valence-electron chi connectivity index (χ0n) is 10.8. The standard InChI is InChI=1S/C12H22N2O4/c1-2-5-12(6-8-18-9-12)14-11(17)13-7-3-4-10(15)16/h2-9H2,1H3,(H,15,16)(H2,13,14,17). The van der Waals surface area contributed by atoms with Crippen LogP contribution in [0.4, 0.5) is 4.79 Å². The molecule has 104 valence electrons. The molecule has 0 aliphatic carbocycles. The van der Waals surface area contributed by atoms with E-state index in [9.17, 15) is 9.59 Å². The lowest BCUT2D eigenvalue weighted by Gasteiger charge is -2.28. The summed E-state index contributed by atoms with van der Waals surface area (Å²) in [5.41, 5.74) is -0.244. The van der Waals surface area contributed by atoms with Gasteiger partial charge >= 0.3 is 12.0 Å². The van der Waals surface area contributed by atoms with Crippen molar-refractivity contribution in [1.29, 1.82) is 0 Å². The van der Waals surface area contributed by atoms with E-state index in [1.807, 2.05) is 0 Å². The second-order valence-electron chi connectivity index (χ2n) is 4.71. The average molecular weight is 258 g/mol. The molecule has 1 aliphatic heterocycles. The van der Waals surface area contributed by atoms with Crippen LogP contribution >= 0.6 is 0 Å². The van der Waals surface area contributed by atoms with Gasteiger partial charge in [0.15, 0.2) is 0 Å². The Labute approximate surface area is 107 Å². The molecular formula is C12H22N2O4. The van der Waals surface area contributed by atoms with Crippen molar-refractivity contribution < 1.29 is 19.4 Å². The number of hydrogen-bond acceptors (Lipinski definition) is 3. The Kier molecular flexibility index (Phi) is 5.91. The number of rotatable bonds is 7. The van der Waals surface area contributed by atoms with Crippen LogP contribution in [0.15, 0.2) is 0 Å². The molecule has 0 aromatic carbocycles. The summed E-state index contributed by atoms with van der Waals surface area (Å²) in [7, 11) is 0. The normalized spacial score (nSPS) is 22.7. The molecule has 1 rings (SSSR count). The second kappa shape index (κ2) is 7.20. The summed E-state index contributed by atoms with van der Waals surface area (Å²) in [5, 5.41) is 14.1. The number of amides is 2. The number of carbonyl (C=O) groups excluding carboxylic acids is 1. The zero-order chi connectivity index (χ0) is 13.4. The summed E-state index contributed by atoms with van der Waals surface area (Å²) in [6, 6.07) is -0.237. The van der Waals surface area contributed by atoms with Gasteiger partial charge in [-0.1, -0.05) is 13.3 Å². The van der Waals surface area contributed by atoms with Crippen molar-refractivity contribution >= 4 is 12.0 Å². The van der Waals surface area contributed by atoms with Crippen LogP contribution in [-0.2, 0) is 9.53 Å². The van der Waals surface area contributed by atoms with E-state index in [1.54, 1.807) is 0 Å². The molecule has 2 amide bonds. The molecule has 0 aromatic rings. The third-order valence-corrected chi connectivity index (χ3v) is 3.06. The highest BCUT2D eigenvalue weighted by molar-refractivity contribution is 5.75. The highest BCUT2D eigenvalue weighted by atomic mass is 16.5. The summed E-state index contributed by atoms with van der Waals surface area (Å²) < 4.78 is 5.35. The monoisotopic (exact) mass is 258 g/mol. The van der Waals surface area contributed by atoms with E-state index in [0.29, 0.717) is 26.2 Å². The van der Waals surface area contributed by atoms with Crippen molar-refractivity contribution in [2.45, 2.75) is 44.6 Å². The lowest BCUT2D eigenvalue weighted by atomic mass is 9.93. The van der Waals surface area contributed by atoms with Gasteiger partial charge in [-0.3, -0.25) is 4.79 Å². The van der Waals surface area contributed by atoms with Crippen LogP contribution in [0.1, 0.15) is 39.0 Å². The SMILES string of the molecule is CCCC1(NC(=O)NCCCC(=O)O)CCOC1. The molecule has 1 aliphatic rings. The van der Waals surface area contributed by atoms with Crippen molar-refractivity contribution in [1.82, 2.24) is 10.6 Å². The van der Waals surface area contributed by atoms with E-state index in [0.717, 1.165) is 19.3 Å². The Morgan fingerprint density at radius 2 is 2.22 bits per heavy atom. The highest BCUT2D eigenvalue weighted by Crippen LogP contribution is 2.23. The molecule has 0 bridgehead atoms. The van der Waals surface area contributed by atoms with Gasteiger partial charge in [0.05, 0.1) is 12.1 Å². The minimum Gasteiger partial charge on any atom is -0.481 e. The highest BCUT2D eigenvalue weighted by Gasteiger charge is 2.35. The third kappa shape index (κ3) is 4.91. The van der Waals surface area contributed by atoms with Gasteiger partial charge in [0.1, 0.15) is 0 Å². The van der Waals surface area contributed by atoms with Gasteiger partial charge in [-0.2, -0.15) is 0 Å².